The maximum absolute atomic E-state index is 12.8. The van der Waals surface area contributed by atoms with Gasteiger partial charge in [0, 0.05) is 28.8 Å². The molecule has 1 aromatic carbocycles. The highest BCUT2D eigenvalue weighted by molar-refractivity contribution is 7.15. The number of amides is 2. The summed E-state index contributed by atoms with van der Waals surface area (Å²) in [6.45, 7) is 3.86. The molecule has 0 radical (unpaired) electrons. The van der Waals surface area contributed by atoms with E-state index in [0.717, 1.165) is 16.0 Å². The first-order valence-corrected chi connectivity index (χ1v) is 9.81. The molecule has 0 saturated heterocycles. The lowest BCUT2D eigenvalue weighted by molar-refractivity contribution is -0.137. The van der Waals surface area contributed by atoms with Crippen molar-refractivity contribution >= 4 is 23.2 Å². The lowest BCUT2D eigenvalue weighted by Gasteiger charge is -2.25. The summed E-state index contributed by atoms with van der Waals surface area (Å²) in [7, 11) is 1.59. The fourth-order valence-corrected chi connectivity index (χ4v) is 4.06. The number of nitrogens with zero attached hydrogens (tertiary/aromatic N) is 1. The van der Waals surface area contributed by atoms with Crippen LogP contribution in [0.5, 0.6) is 11.5 Å². The van der Waals surface area contributed by atoms with Crippen LogP contribution in [0.3, 0.4) is 0 Å². The Morgan fingerprint density at radius 3 is 2.79 bits per heavy atom. The Morgan fingerprint density at radius 1 is 1.39 bits per heavy atom. The molecule has 0 spiro atoms. The van der Waals surface area contributed by atoms with Crippen LogP contribution in [0.4, 0.5) is 0 Å². The molecule has 2 heterocycles. The van der Waals surface area contributed by atoms with Gasteiger partial charge in [0.05, 0.1) is 20.3 Å². The number of aryl methyl sites for hydroxylation is 1. The molecular formula is C20H24N2O5S. The van der Waals surface area contributed by atoms with Gasteiger partial charge in [0.1, 0.15) is 12.6 Å². The van der Waals surface area contributed by atoms with Gasteiger partial charge in [-0.05, 0) is 36.8 Å². The minimum Gasteiger partial charge on any atom is -0.493 e. The molecule has 0 fully saturated rings. The molecule has 1 aliphatic rings. The Hall–Kier alpha value is -2.58. The van der Waals surface area contributed by atoms with Crippen LogP contribution in [-0.2, 0) is 16.1 Å². The van der Waals surface area contributed by atoms with Gasteiger partial charge in [-0.2, -0.15) is 0 Å². The van der Waals surface area contributed by atoms with Crippen LogP contribution in [-0.4, -0.2) is 54.7 Å². The molecule has 0 aliphatic carbocycles. The molecule has 150 valence electrons. The second-order valence-electron chi connectivity index (χ2n) is 6.62. The first-order valence-electron chi connectivity index (χ1n) is 9.00. The SMILES string of the molecule is COc1cc(-c2ccc(C)s2)cc2c1OCCN(C(=O)C(CO)NC(C)=O)C2. The zero-order valence-corrected chi connectivity index (χ0v) is 17.0. The largest absolute Gasteiger partial charge is 0.493 e. The number of nitrogens with one attached hydrogen (secondary N) is 1. The summed E-state index contributed by atoms with van der Waals surface area (Å²) >= 11 is 1.68. The molecule has 1 unspecified atom stereocenters. The number of rotatable bonds is 5. The van der Waals surface area contributed by atoms with Gasteiger partial charge in [-0.1, -0.05) is 0 Å². The van der Waals surface area contributed by atoms with Crippen molar-refractivity contribution < 1.29 is 24.2 Å². The van der Waals surface area contributed by atoms with Crippen LogP contribution in [0.1, 0.15) is 17.4 Å². The molecule has 1 atom stereocenters. The molecule has 0 saturated carbocycles. The Labute approximate surface area is 167 Å². The maximum Gasteiger partial charge on any atom is 0.247 e. The maximum atomic E-state index is 12.8. The van der Waals surface area contributed by atoms with Crippen molar-refractivity contribution in [3.05, 3.63) is 34.7 Å². The van der Waals surface area contributed by atoms with Crippen molar-refractivity contribution in [2.75, 3.05) is 26.9 Å². The van der Waals surface area contributed by atoms with Gasteiger partial charge >= 0.3 is 0 Å². The number of hydrogen-bond acceptors (Lipinski definition) is 6. The van der Waals surface area contributed by atoms with Crippen LogP contribution in [0, 0.1) is 6.92 Å². The van der Waals surface area contributed by atoms with Gasteiger partial charge in [-0.15, -0.1) is 11.3 Å². The predicted molar refractivity (Wildman–Crippen MR) is 107 cm³/mol. The summed E-state index contributed by atoms with van der Waals surface area (Å²) in [6.07, 6.45) is 0. The number of thiophene rings is 1. The smallest absolute Gasteiger partial charge is 0.247 e. The lowest BCUT2D eigenvalue weighted by atomic mass is 10.1. The summed E-state index contributed by atoms with van der Waals surface area (Å²) < 4.78 is 11.4. The van der Waals surface area contributed by atoms with Gasteiger partial charge < -0.3 is 24.8 Å². The van der Waals surface area contributed by atoms with E-state index < -0.39 is 12.6 Å². The third-order valence-corrected chi connectivity index (χ3v) is 5.56. The molecule has 8 heteroatoms. The fourth-order valence-electron chi connectivity index (χ4n) is 3.21. The molecule has 1 aromatic heterocycles. The number of hydrogen-bond donors (Lipinski definition) is 2. The van der Waals surface area contributed by atoms with Gasteiger partial charge in [-0.25, -0.2) is 0 Å². The van der Waals surface area contributed by atoms with Crippen LogP contribution in [0.2, 0.25) is 0 Å². The zero-order valence-electron chi connectivity index (χ0n) is 16.2. The van der Waals surface area contributed by atoms with Crippen molar-refractivity contribution in [3.63, 3.8) is 0 Å². The van der Waals surface area contributed by atoms with Crippen molar-refractivity contribution in [2.24, 2.45) is 0 Å². The second-order valence-corrected chi connectivity index (χ2v) is 7.91. The van der Waals surface area contributed by atoms with E-state index in [2.05, 4.69) is 24.4 Å². The number of carbonyl (C=O) groups is 2. The fraction of sp³-hybridized carbons (Fsp3) is 0.400. The molecule has 0 bridgehead atoms. The Morgan fingerprint density at radius 2 is 2.18 bits per heavy atom. The summed E-state index contributed by atoms with van der Waals surface area (Å²) in [4.78, 5) is 28.0. The van der Waals surface area contributed by atoms with E-state index in [9.17, 15) is 14.7 Å². The Kier molecular flexibility index (Phi) is 6.21. The minimum atomic E-state index is -0.968. The molecule has 3 rings (SSSR count). The van der Waals surface area contributed by atoms with Crippen molar-refractivity contribution in [3.8, 4) is 21.9 Å². The third kappa shape index (κ3) is 4.28. The van der Waals surface area contributed by atoms with Gasteiger partial charge in [0.25, 0.3) is 0 Å². The molecule has 28 heavy (non-hydrogen) atoms. The number of aliphatic hydroxyl groups is 1. The molecule has 1 aliphatic heterocycles. The van der Waals surface area contributed by atoms with Crippen LogP contribution < -0.4 is 14.8 Å². The molecule has 2 aromatic rings. The van der Waals surface area contributed by atoms with Gasteiger partial charge in [-0.3, -0.25) is 9.59 Å². The Bertz CT molecular complexity index is 879. The van der Waals surface area contributed by atoms with Crippen molar-refractivity contribution in [2.45, 2.75) is 26.4 Å². The van der Waals surface area contributed by atoms with Crippen LogP contribution in [0.15, 0.2) is 24.3 Å². The Balaban J connectivity index is 1.94. The average Bonchev–Trinajstić information content (AvgIpc) is 2.99. The van der Waals surface area contributed by atoms with Gasteiger partial charge in [0.2, 0.25) is 11.8 Å². The number of aliphatic hydroxyl groups excluding tert-OH is 1. The highest BCUT2D eigenvalue weighted by Crippen LogP contribution is 2.40. The van der Waals surface area contributed by atoms with E-state index in [1.54, 1.807) is 23.3 Å². The monoisotopic (exact) mass is 404 g/mol. The van der Waals surface area contributed by atoms with E-state index in [1.807, 2.05) is 12.1 Å². The van der Waals surface area contributed by atoms with Crippen molar-refractivity contribution in [1.82, 2.24) is 10.2 Å². The third-order valence-electron chi connectivity index (χ3n) is 4.52. The van der Waals surface area contributed by atoms with E-state index in [4.69, 9.17) is 9.47 Å². The normalized spacial score (nSPS) is 14.5. The zero-order chi connectivity index (χ0) is 20.3. The van der Waals surface area contributed by atoms with E-state index in [1.165, 1.54) is 11.8 Å². The van der Waals surface area contributed by atoms with Crippen LogP contribution >= 0.6 is 11.3 Å². The second kappa shape index (κ2) is 8.62. The number of carbonyl (C=O) groups excluding carboxylic acids is 2. The highest BCUT2D eigenvalue weighted by atomic mass is 32.1. The highest BCUT2D eigenvalue weighted by Gasteiger charge is 2.28. The lowest BCUT2D eigenvalue weighted by Crippen LogP contribution is -2.50. The number of methoxy groups -OCH3 is 1. The number of fused-ring (bicyclic) bond motifs is 1. The summed E-state index contributed by atoms with van der Waals surface area (Å²) in [5.74, 6) is 0.532. The van der Waals surface area contributed by atoms with E-state index in [-0.39, 0.29) is 11.8 Å². The summed E-state index contributed by atoms with van der Waals surface area (Å²) in [5.41, 5.74) is 1.82. The van der Waals surface area contributed by atoms with Crippen LogP contribution in [0.25, 0.3) is 10.4 Å². The first-order chi connectivity index (χ1) is 13.4. The minimum absolute atomic E-state index is 0.296. The quantitative estimate of drug-likeness (QED) is 0.795. The first kappa shape index (κ1) is 20.2. The topological polar surface area (TPSA) is 88.1 Å². The summed E-state index contributed by atoms with van der Waals surface area (Å²) in [6, 6.07) is 7.09. The molecular weight excluding hydrogens is 380 g/mol. The number of ether oxygens (including phenoxy) is 2. The van der Waals surface area contributed by atoms with E-state index in [0.29, 0.717) is 31.2 Å². The van der Waals surface area contributed by atoms with E-state index >= 15 is 0 Å². The standard InChI is InChI=1S/C20H24N2O5S/c1-12-4-5-18(28-12)14-8-15-10-22(20(25)16(11-23)21-13(2)24)6-7-27-19(15)17(9-14)26-3/h4-5,8-9,16,23H,6-7,10-11H2,1-3H3,(H,21,24). The summed E-state index contributed by atoms with van der Waals surface area (Å²) in [5, 5.41) is 12.0. The molecule has 2 amide bonds. The molecule has 2 N–H and O–H groups in total. The number of benzene rings is 1. The van der Waals surface area contributed by atoms with Crippen molar-refractivity contribution in [1.29, 1.82) is 0 Å². The van der Waals surface area contributed by atoms with Gasteiger partial charge in [0.15, 0.2) is 11.5 Å². The molecule has 7 nitrogen and oxygen atoms in total. The average molecular weight is 404 g/mol. The predicted octanol–water partition coefficient (Wildman–Crippen LogP) is 1.95.